The minimum atomic E-state index is -0.118. The van der Waals surface area contributed by atoms with Gasteiger partial charge >= 0.3 is 5.69 Å². The Morgan fingerprint density at radius 3 is 2.34 bits per heavy atom. The Balaban J connectivity index is 2.31. The molecule has 0 radical (unpaired) electrons. The average Bonchev–Trinajstić information content (AvgIpc) is 2.91. The first-order valence-electron chi connectivity index (χ1n) is 10.3. The van der Waals surface area contributed by atoms with Gasteiger partial charge in [-0.05, 0) is 59.3 Å². The summed E-state index contributed by atoms with van der Waals surface area (Å²) in [6.07, 6.45) is 2.03. The molecule has 0 unspecified atom stereocenters. The van der Waals surface area contributed by atoms with Crippen LogP contribution in [0.1, 0.15) is 57.8 Å². The third-order valence-electron chi connectivity index (χ3n) is 5.15. The van der Waals surface area contributed by atoms with Gasteiger partial charge in [-0.25, -0.2) is 19.3 Å². The summed E-state index contributed by atoms with van der Waals surface area (Å²) >= 11 is 3.67. The third-order valence-corrected chi connectivity index (χ3v) is 5.79. The third kappa shape index (κ3) is 3.97. The predicted octanol–water partition coefficient (Wildman–Crippen LogP) is 4.94. The van der Waals surface area contributed by atoms with Gasteiger partial charge in [0, 0.05) is 24.6 Å². The van der Waals surface area contributed by atoms with Crippen molar-refractivity contribution in [3.63, 3.8) is 0 Å². The Kier molecular flexibility index (Phi) is 6.46. The van der Waals surface area contributed by atoms with Crippen LogP contribution in [0.3, 0.4) is 0 Å². The van der Waals surface area contributed by atoms with Crippen LogP contribution in [0.4, 0.5) is 5.82 Å². The van der Waals surface area contributed by atoms with Gasteiger partial charge in [0.25, 0.3) is 0 Å². The zero-order chi connectivity index (χ0) is 21.3. The Hall–Kier alpha value is -2.15. The number of hydrogen-bond acceptors (Lipinski definition) is 4. The molecule has 0 fully saturated rings. The zero-order valence-electron chi connectivity index (χ0n) is 18.2. The average molecular weight is 460 g/mol. The molecule has 0 bridgehead atoms. The lowest BCUT2D eigenvalue weighted by Crippen LogP contribution is -2.27. The van der Waals surface area contributed by atoms with Crippen LogP contribution < -0.4 is 10.6 Å². The van der Waals surface area contributed by atoms with E-state index >= 15 is 0 Å². The van der Waals surface area contributed by atoms with Crippen molar-refractivity contribution < 1.29 is 0 Å². The van der Waals surface area contributed by atoms with Crippen LogP contribution in [0.2, 0.25) is 0 Å². The van der Waals surface area contributed by atoms with Crippen LogP contribution in [0.25, 0.3) is 16.9 Å². The topological polar surface area (TPSA) is 56.0 Å². The molecule has 6 nitrogen and oxygen atoms in total. The Bertz CT molecular complexity index is 1080. The fourth-order valence-corrected chi connectivity index (χ4v) is 4.27. The number of benzene rings is 1. The lowest BCUT2D eigenvalue weighted by Gasteiger charge is -2.23. The van der Waals surface area contributed by atoms with E-state index in [1.54, 1.807) is 16.2 Å². The second-order valence-corrected chi connectivity index (χ2v) is 8.65. The molecule has 0 saturated heterocycles. The Morgan fingerprint density at radius 2 is 1.79 bits per heavy atom. The summed E-state index contributed by atoms with van der Waals surface area (Å²) in [5, 5.41) is 0. The van der Waals surface area contributed by atoms with Crippen molar-refractivity contribution in [3.05, 3.63) is 44.5 Å². The van der Waals surface area contributed by atoms with Crippen molar-refractivity contribution in [1.82, 2.24) is 19.1 Å². The van der Waals surface area contributed by atoms with Gasteiger partial charge in [0.1, 0.15) is 11.3 Å². The fourth-order valence-electron chi connectivity index (χ4n) is 3.69. The van der Waals surface area contributed by atoms with E-state index in [9.17, 15) is 4.79 Å². The number of aromatic nitrogens is 4. The van der Waals surface area contributed by atoms with Crippen LogP contribution in [0, 0.1) is 6.92 Å². The Labute approximate surface area is 180 Å². The fraction of sp³-hybridized carbons (Fsp3) is 0.500. The number of nitrogens with zero attached hydrogens (tertiary/aromatic N) is 5. The number of fused-ring (bicyclic) bond motifs is 1. The van der Waals surface area contributed by atoms with Gasteiger partial charge in [-0.1, -0.05) is 33.8 Å². The highest BCUT2D eigenvalue weighted by molar-refractivity contribution is 9.10. The van der Waals surface area contributed by atoms with Crippen molar-refractivity contribution in [2.75, 3.05) is 18.0 Å². The number of imidazole rings is 1. The van der Waals surface area contributed by atoms with Crippen molar-refractivity contribution >= 4 is 32.9 Å². The molecule has 0 amide bonds. The van der Waals surface area contributed by atoms with Gasteiger partial charge in [0.2, 0.25) is 0 Å². The molecule has 3 rings (SSSR count). The van der Waals surface area contributed by atoms with Crippen LogP contribution in [0.5, 0.6) is 0 Å². The number of aryl methyl sites for hydroxylation is 2. The standard InChI is InChI=1S/C22H30BrN5O/c1-7-11-27(12-8-2)20-19-21(25-15(5)24-20)28(22(29)26(19)6)18-10-9-16(14(3)4)13-17(18)23/h9-10,13-14H,7-8,11-12H2,1-6H3. The quantitative estimate of drug-likeness (QED) is 0.501. The first kappa shape index (κ1) is 21.6. The van der Waals surface area contributed by atoms with Crippen LogP contribution in [-0.2, 0) is 7.05 Å². The summed E-state index contributed by atoms with van der Waals surface area (Å²) < 4.78 is 4.25. The molecule has 2 aromatic heterocycles. The van der Waals surface area contributed by atoms with E-state index in [2.05, 4.69) is 65.6 Å². The SMILES string of the molecule is CCCN(CCC)c1nc(C)nc2c1n(C)c(=O)n2-c1ccc(C(C)C)cc1Br. The van der Waals surface area contributed by atoms with Gasteiger partial charge < -0.3 is 4.90 Å². The van der Waals surface area contributed by atoms with Gasteiger partial charge in [-0.2, -0.15) is 0 Å². The predicted molar refractivity (Wildman–Crippen MR) is 123 cm³/mol. The van der Waals surface area contributed by atoms with Gasteiger partial charge in [-0.15, -0.1) is 0 Å². The smallest absolute Gasteiger partial charge is 0.334 e. The first-order valence-corrected chi connectivity index (χ1v) is 11.1. The van der Waals surface area contributed by atoms with Crippen LogP contribution in [-0.4, -0.2) is 32.2 Å². The maximum Gasteiger partial charge on any atom is 0.334 e. The van der Waals surface area contributed by atoms with E-state index in [-0.39, 0.29) is 5.69 Å². The van der Waals surface area contributed by atoms with Crippen LogP contribution >= 0.6 is 15.9 Å². The van der Waals surface area contributed by atoms with Crippen molar-refractivity contribution in [2.24, 2.45) is 7.05 Å². The van der Waals surface area contributed by atoms with E-state index in [0.717, 1.165) is 47.4 Å². The molecule has 0 atom stereocenters. The molecule has 1 aromatic carbocycles. The van der Waals surface area contributed by atoms with Gasteiger partial charge in [0.05, 0.1) is 5.69 Å². The summed E-state index contributed by atoms with van der Waals surface area (Å²) in [4.78, 5) is 25.0. The molecule has 7 heteroatoms. The molecule has 0 aliphatic rings. The molecular weight excluding hydrogens is 430 g/mol. The first-order chi connectivity index (χ1) is 13.8. The summed E-state index contributed by atoms with van der Waals surface area (Å²) in [7, 11) is 1.80. The lowest BCUT2D eigenvalue weighted by atomic mass is 10.0. The highest BCUT2D eigenvalue weighted by Gasteiger charge is 2.23. The molecule has 0 saturated carbocycles. The largest absolute Gasteiger partial charge is 0.355 e. The van der Waals surface area contributed by atoms with Crippen molar-refractivity contribution in [1.29, 1.82) is 0 Å². The molecule has 156 valence electrons. The van der Waals surface area contributed by atoms with Crippen molar-refractivity contribution in [3.8, 4) is 5.69 Å². The second-order valence-electron chi connectivity index (χ2n) is 7.80. The molecule has 0 aliphatic heterocycles. The highest BCUT2D eigenvalue weighted by atomic mass is 79.9. The van der Waals surface area contributed by atoms with Gasteiger partial charge in [-0.3, -0.25) is 4.57 Å². The van der Waals surface area contributed by atoms with Crippen LogP contribution in [0.15, 0.2) is 27.5 Å². The number of rotatable bonds is 7. The summed E-state index contributed by atoms with van der Waals surface area (Å²) in [6, 6.07) is 6.15. The van der Waals surface area contributed by atoms with E-state index in [4.69, 9.17) is 4.98 Å². The summed E-state index contributed by atoms with van der Waals surface area (Å²) in [5.41, 5.74) is 3.33. The van der Waals surface area contributed by atoms with E-state index < -0.39 is 0 Å². The maximum absolute atomic E-state index is 13.3. The normalized spacial score (nSPS) is 11.6. The minimum absolute atomic E-state index is 0.118. The summed E-state index contributed by atoms with van der Waals surface area (Å²) in [6.45, 7) is 12.3. The lowest BCUT2D eigenvalue weighted by molar-refractivity contribution is 0.730. The monoisotopic (exact) mass is 459 g/mol. The zero-order valence-corrected chi connectivity index (χ0v) is 19.7. The molecule has 29 heavy (non-hydrogen) atoms. The summed E-state index contributed by atoms with van der Waals surface area (Å²) in [5.74, 6) is 1.92. The highest BCUT2D eigenvalue weighted by Crippen LogP contribution is 2.30. The minimum Gasteiger partial charge on any atom is -0.355 e. The molecule has 2 heterocycles. The molecule has 0 N–H and O–H groups in total. The van der Waals surface area contributed by atoms with E-state index in [1.807, 2.05) is 13.0 Å². The number of anilines is 1. The molecule has 0 aliphatic carbocycles. The van der Waals surface area contributed by atoms with E-state index in [0.29, 0.717) is 17.4 Å². The number of hydrogen-bond donors (Lipinski definition) is 0. The maximum atomic E-state index is 13.3. The molecular formula is C22H30BrN5O. The molecule has 3 aromatic rings. The Morgan fingerprint density at radius 1 is 1.14 bits per heavy atom. The number of halogens is 1. The van der Waals surface area contributed by atoms with Gasteiger partial charge in [0.15, 0.2) is 11.5 Å². The molecule has 0 spiro atoms. The van der Waals surface area contributed by atoms with E-state index in [1.165, 1.54) is 5.56 Å². The van der Waals surface area contributed by atoms with Crippen molar-refractivity contribution in [2.45, 2.75) is 53.4 Å². The second kappa shape index (κ2) is 8.69.